The molecule has 0 N–H and O–H groups in total. The lowest BCUT2D eigenvalue weighted by Crippen LogP contribution is -2.26. The largest absolute Gasteiger partial charge is 0.367 e. The second-order valence-electron chi connectivity index (χ2n) is 2.82. The van der Waals surface area contributed by atoms with Crippen molar-refractivity contribution in [1.29, 1.82) is 0 Å². The van der Waals surface area contributed by atoms with E-state index in [1.807, 2.05) is 6.92 Å². The summed E-state index contributed by atoms with van der Waals surface area (Å²) < 4.78 is 5.27. The molecule has 0 saturated carbocycles. The number of rotatable bonds is 2. The average molecular weight is 221 g/mol. The summed E-state index contributed by atoms with van der Waals surface area (Å²) in [5.41, 5.74) is 0. The third kappa shape index (κ3) is 2.56. The van der Waals surface area contributed by atoms with Gasteiger partial charge in [0.05, 0.1) is 0 Å². The molecule has 0 aromatic rings. The minimum absolute atomic E-state index is 0.0942. The van der Waals surface area contributed by atoms with Crippen LogP contribution in [-0.4, -0.2) is 17.4 Å². The summed E-state index contributed by atoms with van der Waals surface area (Å²) in [4.78, 5) is 11.2. The van der Waals surface area contributed by atoms with Gasteiger partial charge in [0.25, 0.3) is 0 Å². The topological polar surface area (TPSA) is 26.3 Å². The van der Waals surface area contributed by atoms with Gasteiger partial charge < -0.3 is 4.74 Å². The van der Waals surface area contributed by atoms with Crippen LogP contribution < -0.4 is 0 Å². The number of ether oxygens (including phenoxy) is 1. The third-order valence-electron chi connectivity index (χ3n) is 2.04. The zero-order chi connectivity index (χ0) is 8.27. The summed E-state index contributed by atoms with van der Waals surface area (Å²) >= 11 is 3.35. The summed E-state index contributed by atoms with van der Waals surface area (Å²) in [6.45, 7) is 2.63. The van der Waals surface area contributed by atoms with Crippen LogP contribution in [0, 0.1) is 5.92 Å². The zero-order valence-electron chi connectivity index (χ0n) is 6.68. The quantitative estimate of drug-likeness (QED) is 0.667. The van der Waals surface area contributed by atoms with Gasteiger partial charge >= 0.3 is 0 Å². The van der Waals surface area contributed by atoms with Gasteiger partial charge in [-0.1, -0.05) is 22.9 Å². The highest BCUT2D eigenvalue weighted by molar-refractivity contribution is 9.09. The van der Waals surface area contributed by atoms with Crippen LogP contribution in [0.4, 0.5) is 0 Å². The Bertz CT molecular complexity index is 147. The van der Waals surface area contributed by atoms with Crippen LogP contribution in [0.2, 0.25) is 0 Å². The fourth-order valence-electron chi connectivity index (χ4n) is 1.33. The van der Waals surface area contributed by atoms with Gasteiger partial charge in [0.1, 0.15) is 10.8 Å². The molecular weight excluding hydrogens is 208 g/mol. The second kappa shape index (κ2) is 4.21. The van der Waals surface area contributed by atoms with Crippen LogP contribution in [0.25, 0.3) is 0 Å². The van der Waals surface area contributed by atoms with Crippen molar-refractivity contribution in [2.75, 3.05) is 6.61 Å². The predicted octanol–water partition coefficient (Wildman–Crippen LogP) is 2.11. The number of carbonyl (C=O) groups excluding carboxylic acids is 1. The molecule has 1 saturated heterocycles. The van der Waals surface area contributed by atoms with E-state index < -0.39 is 0 Å². The Morgan fingerprint density at radius 3 is 3.00 bits per heavy atom. The molecule has 0 radical (unpaired) electrons. The molecule has 1 aliphatic heterocycles. The minimum atomic E-state index is 0.0942. The van der Waals surface area contributed by atoms with E-state index in [1.54, 1.807) is 0 Å². The van der Waals surface area contributed by atoms with Gasteiger partial charge in [-0.15, -0.1) is 0 Å². The molecule has 3 heteroatoms. The van der Waals surface area contributed by atoms with Gasteiger partial charge in [0.15, 0.2) is 0 Å². The van der Waals surface area contributed by atoms with Crippen molar-refractivity contribution in [3.63, 3.8) is 0 Å². The fourth-order valence-corrected chi connectivity index (χ4v) is 1.97. The van der Waals surface area contributed by atoms with Crippen LogP contribution in [0.5, 0.6) is 0 Å². The number of carbonyl (C=O) groups is 1. The Morgan fingerprint density at radius 1 is 1.73 bits per heavy atom. The third-order valence-corrected chi connectivity index (χ3v) is 2.68. The van der Waals surface area contributed by atoms with E-state index in [0.717, 1.165) is 12.8 Å². The van der Waals surface area contributed by atoms with E-state index in [2.05, 4.69) is 15.9 Å². The first-order valence-corrected chi connectivity index (χ1v) is 4.94. The standard InChI is InChI=1S/C8H13BrO2/c1-2-7(10)6-3-4-11-8(9)5-6/h6,8H,2-5H2,1H3. The molecule has 2 unspecified atom stereocenters. The molecule has 0 amide bonds. The Balaban J connectivity index is 2.39. The lowest BCUT2D eigenvalue weighted by molar-refractivity contribution is -0.125. The maximum absolute atomic E-state index is 11.2. The van der Waals surface area contributed by atoms with Gasteiger partial charge in [0, 0.05) is 18.9 Å². The molecule has 11 heavy (non-hydrogen) atoms. The first-order valence-electron chi connectivity index (χ1n) is 4.02. The van der Waals surface area contributed by atoms with Crippen LogP contribution in [0.3, 0.4) is 0 Å². The molecule has 0 aliphatic carbocycles. The van der Waals surface area contributed by atoms with Gasteiger partial charge in [0.2, 0.25) is 0 Å². The molecule has 1 heterocycles. The van der Waals surface area contributed by atoms with Crippen LogP contribution in [0.15, 0.2) is 0 Å². The highest BCUT2D eigenvalue weighted by atomic mass is 79.9. The number of hydrogen-bond donors (Lipinski definition) is 0. The second-order valence-corrected chi connectivity index (χ2v) is 3.84. The van der Waals surface area contributed by atoms with Crippen LogP contribution >= 0.6 is 15.9 Å². The van der Waals surface area contributed by atoms with E-state index in [1.165, 1.54) is 0 Å². The monoisotopic (exact) mass is 220 g/mol. The highest BCUT2D eigenvalue weighted by Crippen LogP contribution is 2.24. The predicted molar refractivity (Wildman–Crippen MR) is 46.7 cm³/mol. The maximum Gasteiger partial charge on any atom is 0.135 e. The first kappa shape index (κ1) is 9.20. The van der Waals surface area contributed by atoms with Gasteiger partial charge in [-0.05, 0) is 12.8 Å². The average Bonchev–Trinajstić information content (AvgIpc) is 2.03. The number of halogens is 1. The number of Topliss-reactive ketones (excluding diaryl/α,β-unsaturated/α-hetero) is 1. The fraction of sp³-hybridized carbons (Fsp3) is 0.875. The molecule has 0 bridgehead atoms. The smallest absolute Gasteiger partial charge is 0.135 e. The highest BCUT2D eigenvalue weighted by Gasteiger charge is 2.24. The summed E-state index contributed by atoms with van der Waals surface area (Å²) in [7, 11) is 0. The maximum atomic E-state index is 11.2. The molecule has 1 fully saturated rings. The number of alkyl halides is 1. The van der Waals surface area contributed by atoms with E-state index in [9.17, 15) is 4.79 Å². The van der Waals surface area contributed by atoms with Gasteiger partial charge in [-0.3, -0.25) is 4.79 Å². The van der Waals surface area contributed by atoms with E-state index >= 15 is 0 Å². The van der Waals surface area contributed by atoms with E-state index in [0.29, 0.717) is 18.8 Å². The Morgan fingerprint density at radius 2 is 2.45 bits per heavy atom. The van der Waals surface area contributed by atoms with Crippen molar-refractivity contribution in [2.24, 2.45) is 5.92 Å². The number of ketones is 1. The summed E-state index contributed by atoms with van der Waals surface area (Å²) in [5.74, 6) is 0.607. The van der Waals surface area contributed by atoms with Crippen molar-refractivity contribution in [2.45, 2.75) is 31.2 Å². The Hall–Kier alpha value is 0.110. The molecule has 2 nitrogen and oxygen atoms in total. The van der Waals surface area contributed by atoms with Gasteiger partial charge in [-0.25, -0.2) is 0 Å². The Labute approximate surface area is 75.4 Å². The van der Waals surface area contributed by atoms with E-state index in [-0.39, 0.29) is 10.9 Å². The van der Waals surface area contributed by atoms with E-state index in [4.69, 9.17) is 4.74 Å². The molecule has 64 valence electrons. The first-order chi connectivity index (χ1) is 5.24. The summed E-state index contributed by atoms with van der Waals surface area (Å²) in [6.07, 6.45) is 2.39. The molecule has 0 spiro atoms. The minimum Gasteiger partial charge on any atom is -0.367 e. The molecule has 0 aromatic heterocycles. The summed E-state index contributed by atoms with van der Waals surface area (Å²) in [6, 6.07) is 0. The Kier molecular flexibility index (Phi) is 3.52. The molecule has 1 aliphatic rings. The normalized spacial score (nSPS) is 31.8. The van der Waals surface area contributed by atoms with Crippen molar-refractivity contribution in [3.05, 3.63) is 0 Å². The molecule has 1 rings (SSSR count). The van der Waals surface area contributed by atoms with Crippen LogP contribution in [-0.2, 0) is 9.53 Å². The molecular formula is C8H13BrO2. The van der Waals surface area contributed by atoms with Crippen molar-refractivity contribution < 1.29 is 9.53 Å². The zero-order valence-corrected chi connectivity index (χ0v) is 8.26. The molecule has 0 aromatic carbocycles. The lowest BCUT2D eigenvalue weighted by atomic mass is 9.94. The lowest BCUT2D eigenvalue weighted by Gasteiger charge is -2.24. The summed E-state index contributed by atoms with van der Waals surface area (Å²) in [5, 5.41) is 0.0942. The molecule has 2 atom stereocenters. The van der Waals surface area contributed by atoms with Gasteiger partial charge in [-0.2, -0.15) is 0 Å². The number of hydrogen-bond acceptors (Lipinski definition) is 2. The SMILES string of the molecule is CCC(=O)C1CCOC(Br)C1. The van der Waals surface area contributed by atoms with Crippen LogP contribution in [0.1, 0.15) is 26.2 Å². The van der Waals surface area contributed by atoms with Crippen molar-refractivity contribution in [1.82, 2.24) is 0 Å². The van der Waals surface area contributed by atoms with Crippen molar-refractivity contribution in [3.8, 4) is 0 Å². The van der Waals surface area contributed by atoms with Crippen molar-refractivity contribution >= 4 is 21.7 Å².